The van der Waals surface area contributed by atoms with Crippen molar-refractivity contribution in [2.24, 2.45) is 5.18 Å². The standard InChI is InChI=1S/C16H17NO7/c1-3-13(19)16(17-23,10(2)18)9-8-14(20)24-12-7-5-4-6-11(12)15(21)22/h4-7H,3,8-9H2,1-2H3,(H,21,22). The minimum absolute atomic E-state index is 0.0811. The van der Waals surface area contributed by atoms with E-state index >= 15 is 0 Å². The van der Waals surface area contributed by atoms with Gasteiger partial charge < -0.3 is 9.84 Å². The van der Waals surface area contributed by atoms with Gasteiger partial charge in [0.25, 0.3) is 0 Å². The summed E-state index contributed by atoms with van der Waals surface area (Å²) in [7, 11) is 0. The third-order valence-electron chi connectivity index (χ3n) is 3.55. The SMILES string of the molecule is CCC(=O)C(CCC(=O)Oc1ccccc1C(=O)O)(N=O)C(C)=O. The van der Waals surface area contributed by atoms with E-state index in [1.54, 1.807) is 0 Å². The Kier molecular flexibility index (Phi) is 6.46. The van der Waals surface area contributed by atoms with E-state index in [2.05, 4.69) is 5.18 Å². The highest BCUT2D eigenvalue weighted by Gasteiger charge is 2.44. The van der Waals surface area contributed by atoms with Gasteiger partial charge in [-0.1, -0.05) is 19.1 Å². The number of carboxylic acids is 1. The maximum Gasteiger partial charge on any atom is 0.339 e. The van der Waals surface area contributed by atoms with Crippen molar-refractivity contribution in [2.45, 2.75) is 38.6 Å². The normalized spacial score (nSPS) is 12.8. The Morgan fingerprint density at radius 3 is 2.33 bits per heavy atom. The number of aromatic carboxylic acids is 1. The molecule has 0 heterocycles. The van der Waals surface area contributed by atoms with Crippen molar-refractivity contribution in [3.8, 4) is 5.75 Å². The van der Waals surface area contributed by atoms with E-state index < -0.39 is 41.9 Å². The summed E-state index contributed by atoms with van der Waals surface area (Å²) >= 11 is 0. The maximum absolute atomic E-state index is 11.9. The Balaban J connectivity index is 2.89. The number of Topliss-reactive ketones (excluding diaryl/α,β-unsaturated/α-hetero) is 2. The van der Waals surface area contributed by atoms with Gasteiger partial charge in [-0.2, -0.15) is 0 Å². The number of ether oxygens (including phenoxy) is 1. The molecule has 1 atom stereocenters. The fourth-order valence-corrected chi connectivity index (χ4v) is 2.15. The lowest BCUT2D eigenvalue weighted by molar-refractivity contribution is -0.136. The van der Waals surface area contributed by atoms with E-state index in [1.165, 1.54) is 31.2 Å². The predicted molar refractivity (Wildman–Crippen MR) is 82.8 cm³/mol. The molecule has 0 aliphatic rings. The smallest absolute Gasteiger partial charge is 0.339 e. The highest BCUT2D eigenvalue weighted by atomic mass is 16.5. The molecule has 8 heteroatoms. The second-order valence-corrected chi connectivity index (χ2v) is 5.06. The lowest BCUT2D eigenvalue weighted by Crippen LogP contribution is -2.43. The fraction of sp³-hybridized carbons (Fsp3) is 0.375. The van der Waals surface area contributed by atoms with Gasteiger partial charge in [0.2, 0.25) is 5.54 Å². The summed E-state index contributed by atoms with van der Waals surface area (Å²) in [5.74, 6) is -3.73. The highest BCUT2D eigenvalue weighted by Crippen LogP contribution is 2.24. The van der Waals surface area contributed by atoms with E-state index in [9.17, 15) is 24.1 Å². The molecule has 0 aromatic heterocycles. The largest absolute Gasteiger partial charge is 0.478 e. The molecular weight excluding hydrogens is 318 g/mol. The number of nitroso groups, excluding NO2 is 1. The number of esters is 1. The van der Waals surface area contributed by atoms with Crippen LogP contribution >= 0.6 is 0 Å². The van der Waals surface area contributed by atoms with E-state index in [4.69, 9.17) is 9.84 Å². The summed E-state index contributed by atoms with van der Waals surface area (Å²) in [6.45, 7) is 2.53. The van der Waals surface area contributed by atoms with Crippen LogP contribution in [0.4, 0.5) is 0 Å². The molecule has 0 bridgehead atoms. The average molecular weight is 335 g/mol. The predicted octanol–water partition coefficient (Wildman–Crippen LogP) is 2.14. The van der Waals surface area contributed by atoms with Crippen LogP contribution in [0.15, 0.2) is 29.4 Å². The molecule has 0 saturated heterocycles. The maximum atomic E-state index is 11.9. The summed E-state index contributed by atoms with van der Waals surface area (Å²) in [6, 6.07) is 5.52. The van der Waals surface area contributed by atoms with Crippen molar-refractivity contribution in [3.05, 3.63) is 34.7 Å². The zero-order valence-corrected chi connectivity index (χ0v) is 13.3. The molecule has 1 N–H and O–H groups in total. The van der Waals surface area contributed by atoms with Crippen LogP contribution in [0.25, 0.3) is 0 Å². The monoisotopic (exact) mass is 335 g/mol. The molecule has 0 aliphatic heterocycles. The van der Waals surface area contributed by atoms with Crippen molar-refractivity contribution in [1.29, 1.82) is 0 Å². The molecule has 8 nitrogen and oxygen atoms in total. The third-order valence-corrected chi connectivity index (χ3v) is 3.55. The van der Waals surface area contributed by atoms with Crippen LogP contribution in [0.2, 0.25) is 0 Å². The highest BCUT2D eigenvalue weighted by molar-refractivity contribution is 6.11. The van der Waals surface area contributed by atoms with E-state index in [-0.39, 0.29) is 17.7 Å². The Morgan fingerprint density at radius 1 is 1.21 bits per heavy atom. The Labute approximate surface area is 137 Å². The van der Waals surface area contributed by atoms with E-state index in [1.807, 2.05) is 0 Å². The lowest BCUT2D eigenvalue weighted by Gasteiger charge is -2.20. The lowest BCUT2D eigenvalue weighted by atomic mass is 9.84. The molecule has 0 radical (unpaired) electrons. The molecule has 0 saturated carbocycles. The van der Waals surface area contributed by atoms with Gasteiger partial charge in [-0.05, 0) is 24.2 Å². The first-order valence-corrected chi connectivity index (χ1v) is 7.20. The van der Waals surface area contributed by atoms with Crippen molar-refractivity contribution in [1.82, 2.24) is 0 Å². The summed E-state index contributed by atoms with van der Waals surface area (Å²) in [4.78, 5) is 57.6. The second-order valence-electron chi connectivity index (χ2n) is 5.06. The average Bonchev–Trinajstić information content (AvgIpc) is 2.55. The summed E-state index contributed by atoms with van der Waals surface area (Å²) in [5, 5.41) is 11.7. The number of nitrogens with zero attached hydrogens (tertiary/aromatic N) is 1. The number of ketones is 2. The summed E-state index contributed by atoms with van der Waals surface area (Å²) < 4.78 is 4.95. The number of carboxylic acid groups (broad SMARTS) is 1. The van der Waals surface area contributed by atoms with E-state index in [0.717, 1.165) is 6.92 Å². The van der Waals surface area contributed by atoms with Crippen LogP contribution in [0.3, 0.4) is 0 Å². The Hall–Kier alpha value is -2.90. The van der Waals surface area contributed by atoms with Gasteiger partial charge in [-0.3, -0.25) is 14.4 Å². The molecule has 0 fully saturated rings. The van der Waals surface area contributed by atoms with Crippen molar-refractivity contribution in [2.75, 3.05) is 0 Å². The molecule has 0 amide bonds. The Morgan fingerprint density at radius 2 is 1.83 bits per heavy atom. The second kappa shape index (κ2) is 8.09. The minimum atomic E-state index is -2.11. The Bertz CT molecular complexity index is 683. The van der Waals surface area contributed by atoms with Crippen molar-refractivity contribution >= 4 is 23.5 Å². The molecule has 0 spiro atoms. The first kappa shape index (κ1) is 19.1. The van der Waals surface area contributed by atoms with Crippen LogP contribution in [-0.4, -0.2) is 34.2 Å². The number of benzene rings is 1. The van der Waals surface area contributed by atoms with Gasteiger partial charge in [0.15, 0.2) is 11.6 Å². The van der Waals surface area contributed by atoms with Crippen LogP contribution in [-0.2, 0) is 14.4 Å². The number of hydrogen-bond acceptors (Lipinski definition) is 7. The van der Waals surface area contributed by atoms with E-state index in [0.29, 0.717) is 0 Å². The first-order chi connectivity index (χ1) is 11.3. The molecule has 24 heavy (non-hydrogen) atoms. The third kappa shape index (κ3) is 4.09. The van der Waals surface area contributed by atoms with Gasteiger partial charge in [0.1, 0.15) is 11.3 Å². The van der Waals surface area contributed by atoms with Gasteiger partial charge >= 0.3 is 11.9 Å². The van der Waals surface area contributed by atoms with Gasteiger partial charge in [-0.25, -0.2) is 4.79 Å². The quantitative estimate of drug-likeness (QED) is 0.317. The van der Waals surface area contributed by atoms with Crippen LogP contribution in [0, 0.1) is 4.91 Å². The van der Waals surface area contributed by atoms with Crippen molar-refractivity contribution < 1.29 is 29.0 Å². The van der Waals surface area contributed by atoms with Crippen LogP contribution in [0.1, 0.15) is 43.5 Å². The molecule has 1 unspecified atom stereocenters. The van der Waals surface area contributed by atoms with Gasteiger partial charge in [0.05, 0.1) is 0 Å². The minimum Gasteiger partial charge on any atom is -0.478 e. The number of rotatable bonds is 9. The summed E-state index contributed by atoms with van der Waals surface area (Å²) in [5.41, 5.74) is -2.32. The number of hydrogen-bond donors (Lipinski definition) is 1. The topological polar surface area (TPSA) is 127 Å². The zero-order chi connectivity index (χ0) is 18.3. The van der Waals surface area contributed by atoms with Gasteiger partial charge in [0, 0.05) is 19.3 Å². The molecule has 1 rings (SSSR count). The summed E-state index contributed by atoms with van der Waals surface area (Å²) in [6.07, 6.45) is -0.945. The first-order valence-electron chi connectivity index (χ1n) is 7.20. The van der Waals surface area contributed by atoms with Crippen LogP contribution < -0.4 is 4.74 Å². The molecule has 0 aliphatic carbocycles. The van der Waals surface area contributed by atoms with Crippen molar-refractivity contribution in [3.63, 3.8) is 0 Å². The zero-order valence-electron chi connectivity index (χ0n) is 13.3. The molecule has 1 aromatic carbocycles. The number of carbonyl (C=O) groups excluding carboxylic acids is 3. The fourth-order valence-electron chi connectivity index (χ4n) is 2.15. The number of para-hydroxylation sites is 1. The molecule has 1 aromatic rings. The number of carbonyl (C=O) groups is 4. The molecule has 128 valence electrons. The van der Waals surface area contributed by atoms with Crippen LogP contribution in [0.5, 0.6) is 5.75 Å². The van der Waals surface area contributed by atoms with Gasteiger partial charge in [-0.15, -0.1) is 4.91 Å². The molecular formula is C16H17NO7.